The van der Waals surface area contributed by atoms with Crippen LogP contribution in [-0.2, 0) is 4.79 Å². The van der Waals surface area contributed by atoms with E-state index < -0.39 is 6.04 Å². The molecule has 1 unspecified atom stereocenters. The maximum atomic E-state index is 12.6. The van der Waals surface area contributed by atoms with E-state index in [1.165, 1.54) is 0 Å². The summed E-state index contributed by atoms with van der Waals surface area (Å²) in [7, 11) is 0. The van der Waals surface area contributed by atoms with Gasteiger partial charge in [0.2, 0.25) is 5.91 Å². The Balaban J connectivity index is 2.15. The van der Waals surface area contributed by atoms with Crippen LogP contribution in [-0.4, -0.2) is 11.8 Å². The lowest BCUT2D eigenvalue weighted by Gasteiger charge is -2.35. The summed E-state index contributed by atoms with van der Waals surface area (Å²) in [4.78, 5) is 14.2. The SMILES string of the molecule is N#CC1c2ccccc2-c2ccccc2N1C(=O)CCCCl. The molecule has 2 aromatic carbocycles. The zero-order chi connectivity index (χ0) is 15.5. The minimum Gasteiger partial charge on any atom is -0.291 e. The van der Waals surface area contributed by atoms with Crippen LogP contribution in [0, 0.1) is 11.3 Å². The molecular formula is C18H15ClN2O. The number of carbonyl (C=O) groups is 1. The summed E-state index contributed by atoms with van der Waals surface area (Å²) < 4.78 is 0. The van der Waals surface area contributed by atoms with Crippen LogP contribution in [0.4, 0.5) is 5.69 Å². The minimum atomic E-state index is -0.589. The molecule has 0 bridgehead atoms. The topological polar surface area (TPSA) is 44.1 Å². The quantitative estimate of drug-likeness (QED) is 0.794. The largest absolute Gasteiger partial charge is 0.291 e. The van der Waals surface area contributed by atoms with Gasteiger partial charge in [0.15, 0.2) is 0 Å². The number of hydrogen-bond donors (Lipinski definition) is 0. The summed E-state index contributed by atoms with van der Waals surface area (Å²) in [6.07, 6.45) is 0.955. The molecule has 1 heterocycles. The Morgan fingerprint density at radius 3 is 2.55 bits per heavy atom. The number of alkyl halides is 1. The maximum absolute atomic E-state index is 12.6. The third-order valence-electron chi connectivity index (χ3n) is 3.88. The number of anilines is 1. The summed E-state index contributed by atoms with van der Waals surface area (Å²) in [6, 6.07) is 17.2. The molecule has 110 valence electrons. The van der Waals surface area contributed by atoms with Gasteiger partial charge in [-0.2, -0.15) is 5.26 Å². The molecule has 0 saturated heterocycles. The van der Waals surface area contributed by atoms with Crippen molar-refractivity contribution in [3.63, 3.8) is 0 Å². The molecule has 0 fully saturated rings. The van der Waals surface area contributed by atoms with E-state index in [9.17, 15) is 10.1 Å². The summed E-state index contributed by atoms with van der Waals surface area (Å²) in [5, 5.41) is 9.64. The fraction of sp³-hybridized carbons (Fsp3) is 0.222. The summed E-state index contributed by atoms with van der Waals surface area (Å²) in [5.41, 5.74) is 3.69. The lowest BCUT2D eigenvalue weighted by atomic mass is 9.88. The lowest BCUT2D eigenvalue weighted by molar-refractivity contribution is -0.118. The number of benzene rings is 2. The first-order chi connectivity index (χ1) is 10.8. The normalized spacial score (nSPS) is 15.6. The molecule has 3 rings (SSSR count). The first-order valence-corrected chi connectivity index (χ1v) is 7.77. The van der Waals surface area contributed by atoms with Crippen molar-refractivity contribution in [3.8, 4) is 17.2 Å². The number of nitriles is 1. The van der Waals surface area contributed by atoms with Gasteiger partial charge in [-0.05, 0) is 23.6 Å². The number of rotatable bonds is 3. The van der Waals surface area contributed by atoms with Gasteiger partial charge in [0, 0.05) is 17.9 Å². The van der Waals surface area contributed by atoms with Crippen LogP contribution in [0.5, 0.6) is 0 Å². The summed E-state index contributed by atoms with van der Waals surface area (Å²) in [5.74, 6) is 0.379. The molecule has 3 nitrogen and oxygen atoms in total. The fourth-order valence-corrected chi connectivity index (χ4v) is 3.05. The number of para-hydroxylation sites is 1. The van der Waals surface area contributed by atoms with Crippen molar-refractivity contribution in [2.45, 2.75) is 18.9 Å². The van der Waals surface area contributed by atoms with Crippen molar-refractivity contribution in [1.29, 1.82) is 5.26 Å². The second-order valence-corrected chi connectivity index (χ2v) is 5.57. The third kappa shape index (κ3) is 2.36. The Kier molecular flexibility index (Phi) is 4.13. The molecule has 0 spiro atoms. The first kappa shape index (κ1) is 14.6. The van der Waals surface area contributed by atoms with Crippen molar-refractivity contribution >= 4 is 23.2 Å². The molecule has 0 aliphatic carbocycles. The minimum absolute atomic E-state index is 0.0610. The zero-order valence-electron chi connectivity index (χ0n) is 12.0. The van der Waals surface area contributed by atoms with Crippen LogP contribution in [0.25, 0.3) is 11.1 Å². The van der Waals surface area contributed by atoms with Crippen molar-refractivity contribution in [2.75, 3.05) is 10.8 Å². The smallest absolute Gasteiger partial charge is 0.228 e. The van der Waals surface area contributed by atoms with Crippen LogP contribution in [0.3, 0.4) is 0 Å². The number of halogens is 1. The second-order valence-electron chi connectivity index (χ2n) is 5.19. The molecule has 4 heteroatoms. The van der Waals surface area contributed by atoms with Gasteiger partial charge in [0.25, 0.3) is 0 Å². The first-order valence-electron chi connectivity index (χ1n) is 7.24. The van der Waals surface area contributed by atoms with Crippen molar-refractivity contribution in [2.24, 2.45) is 0 Å². The van der Waals surface area contributed by atoms with Crippen molar-refractivity contribution < 1.29 is 4.79 Å². The molecule has 0 N–H and O–H groups in total. The van der Waals surface area contributed by atoms with Gasteiger partial charge in [0.1, 0.15) is 6.04 Å². The van der Waals surface area contributed by atoms with Crippen LogP contribution < -0.4 is 4.90 Å². The Morgan fingerprint density at radius 1 is 1.14 bits per heavy atom. The number of hydrogen-bond acceptors (Lipinski definition) is 2. The predicted molar refractivity (Wildman–Crippen MR) is 87.7 cm³/mol. The van der Waals surface area contributed by atoms with Crippen LogP contribution in [0.15, 0.2) is 48.5 Å². The highest BCUT2D eigenvalue weighted by Gasteiger charge is 2.34. The van der Waals surface area contributed by atoms with Gasteiger partial charge in [-0.1, -0.05) is 42.5 Å². The highest BCUT2D eigenvalue weighted by molar-refractivity contribution is 6.18. The van der Waals surface area contributed by atoms with E-state index in [1.54, 1.807) is 4.90 Å². The standard InChI is InChI=1S/C18H15ClN2O/c19-11-5-10-18(22)21-16-9-4-3-7-14(16)13-6-1-2-8-15(13)17(21)12-20/h1-4,6-9,17H,5,10-11H2. The van der Waals surface area contributed by atoms with Gasteiger partial charge >= 0.3 is 0 Å². The van der Waals surface area contributed by atoms with Gasteiger partial charge in [0.05, 0.1) is 11.8 Å². The van der Waals surface area contributed by atoms with Crippen LogP contribution in [0.2, 0.25) is 0 Å². The summed E-state index contributed by atoms with van der Waals surface area (Å²) in [6.45, 7) is 0. The maximum Gasteiger partial charge on any atom is 0.228 e. The lowest BCUT2D eigenvalue weighted by Crippen LogP contribution is -2.37. The summed E-state index contributed by atoms with van der Waals surface area (Å²) >= 11 is 5.70. The Bertz CT molecular complexity index is 751. The van der Waals surface area contributed by atoms with E-state index in [2.05, 4.69) is 6.07 Å². The van der Waals surface area contributed by atoms with E-state index in [-0.39, 0.29) is 5.91 Å². The number of nitrogens with zero attached hydrogens (tertiary/aromatic N) is 2. The molecule has 2 aromatic rings. The predicted octanol–water partition coefficient (Wildman–Crippen LogP) is 4.28. The Labute approximate surface area is 134 Å². The number of amides is 1. The zero-order valence-corrected chi connectivity index (χ0v) is 12.8. The molecule has 0 aromatic heterocycles. The average Bonchev–Trinajstić information content (AvgIpc) is 2.58. The molecule has 1 aliphatic rings. The van der Waals surface area contributed by atoms with Crippen LogP contribution >= 0.6 is 11.6 Å². The number of fused-ring (bicyclic) bond motifs is 3. The third-order valence-corrected chi connectivity index (χ3v) is 4.15. The average molecular weight is 311 g/mol. The van der Waals surface area contributed by atoms with Crippen molar-refractivity contribution in [1.82, 2.24) is 0 Å². The molecule has 1 atom stereocenters. The second kappa shape index (κ2) is 6.21. The highest BCUT2D eigenvalue weighted by Crippen LogP contribution is 2.44. The van der Waals surface area contributed by atoms with E-state index >= 15 is 0 Å². The molecule has 0 radical (unpaired) electrons. The Morgan fingerprint density at radius 2 is 1.82 bits per heavy atom. The van der Waals surface area contributed by atoms with Gasteiger partial charge in [-0.25, -0.2) is 0 Å². The molecular weight excluding hydrogens is 296 g/mol. The molecule has 1 amide bonds. The van der Waals surface area contributed by atoms with Gasteiger partial charge in [-0.15, -0.1) is 11.6 Å². The molecule has 0 saturated carbocycles. The van der Waals surface area contributed by atoms with Crippen LogP contribution in [0.1, 0.15) is 24.4 Å². The van der Waals surface area contributed by atoms with E-state index in [0.29, 0.717) is 18.7 Å². The monoisotopic (exact) mass is 310 g/mol. The van der Waals surface area contributed by atoms with E-state index in [0.717, 1.165) is 22.4 Å². The molecule has 22 heavy (non-hydrogen) atoms. The van der Waals surface area contributed by atoms with E-state index in [1.807, 2.05) is 48.5 Å². The Hall–Kier alpha value is -2.31. The fourth-order valence-electron chi connectivity index (χ4n) is 2.91. The van der Waals surface area contributed by atoms with Gasteiger partial charge in [-0.3, -0.25) is 9.69 Å². The number of carbonyl (C=O) groups excluding carboxylic acids is 1. The van der Waals surface area contributed by atoms with Crippen molar-refractivity contribution in [3.05, 3.63) is 54.1 Å². The molecule has 1 aliphatic heterocycles. The van der Waals surface area contributed by atoms with E-state index in [4.69, 9.17) is 11.6 Å². The van der Waals surface area contributed by atoms with Gasteiger partial charge < -0.3 is 0 Å². The highest BCUT2D eigenvalue weighted by atomic mass is 35.5.